The number of carboxylic acid groups (broad SMARTS) is 1. The molecular formula is C27H26N2O5. The van der Waals surface area contributed by atoms with E-state index in [4.69, 9.17) is 9.84 Å². The van der Waals surface area contributed by atoms with Gasteiger partial charge in [-0.3, -0.25) is 4.79 Å². The highest BCUT2D eigenvalue weighted by Gasteiger charge is 2.29. The fourth-order valence-electron chi connectivity index (χ4n) is 4.26. The molecule has 2 amide bonds. The number of nitrogens with one attached hydrogen (secondary N) is 1. The molecule has 2 N–H and O–H groups in total. The number of carbonyl (C=O) groups excluding carboxylic acids is 2. The smallest absolute Gasteiger partial charge is 0.407 e. The zero-order valence-electron chi connectivity index (χ0n) is 19.0. The number of ether oxygens (including phenoxy) is 1. The number of amides is 2. The van der Waals surface area contributed by atoms with E-state index in [-0.39, 0.29) is 30.5 Å². The number of carboxylic acids is 1. The molecule has 1 aliphatic rings. The average molecular weight is 459 g/mol. The van der Waals surface area contributed by atoms with Gasteiger partial charge >= 0.3 is 12.1 Å². The third kappa shape index (κ3) is 4.64. The van der Waals surface area contributed by atoms with Gasteiger partial charge in [-0.1, -0.05) is 55.5 Å². The van der Waals surface area contributed by atoms with Crippen LogP contribution in [0.5, 0.6) is 0 Å². The molecule has 0 spiro atoms. The standard InChI is InChI=1S/C27H26N2O5/c1-17(25(30)29(2)19-13-11-18(12-14-19)26(31)32)15-28-27(33)34-16-24-22-9-5-3-7-20(22)21-8-4-6-10-23(21)24/h3-14,17,24H,15-16H2,1-2H3,(H,28,33)(H,31,32). The zero-order chi connectivity index (χ0) is 24.2. The largest absolute Gasteiger partial charge is 0.478 e. The number of anilines is 1. The molecule has 4 rings (SSSR count). The molecule has 0 bridgehead atoms. The summed E-state index contributed by atoms with van der Waals surface area (Å²) >= 11 is 0. The van der Waals surface area contributed by atoms with Crippen molar-refractivity contribution in [2.45, 2.75) is 12.8 Å². The van der Waals surface area contributed by atoms with Crippen LogP contribution in [0.4, 0.5) is 10.5 Å². The van der Waals surface area contributed by atoms with Crippen molar-refractivity contribution in [2.24, 2.45) is 5.92 Å². The number of carbonyl (C=O) groups is 3. The topological polar surface area (TPSA) is 95.9 Å². The van der Waals surface area contributed by atoms with E-state index in [9.17, 15) is 14.4 Å². The molecule has 1 aliphatic carbocycles. The van der Waals surface area contributed by atoms with Crippen LogP contribution in [0.25, 0.3) is 11.1 Å². The lowest BCUT2D eigenvalue weighted by Gasteiger charge is -2.22. The second-order valence-electron chi connectivity index (χ2n) is 8.36. The lowest BCUT2D eigenvalue weighted by molar-refractivity contribution is -0.121. The van der Waals surface area contributed by atoms with Crippen LogP contribution in [0, 0.1) is 5.92 Å². The summed E-state index contributed by atoms with van der Waals surface area (Å²) in [7, 11) is 1.61. The number of nitrogens with zero attached hydrogens (tertiary/aromatic N) is 1. The molecule has 7 nitrogen and oxygen atoms in total. The van der Waals surface area contributed by atoms with Gasteiger partial charge < -0.3 is 20.1 Å². The Morgan fingerprint density at radius 3 is 2.06 bits per heavy atom. The second-order valence-corrected chi connectivity index (χ2v) is 8.36. The number of hydrogen-bond acceptors (Lipinski definition) is 4. The summed E-state index contributed by atoms with van der Waals surface area (Å²) in [5.41, 5.74) is 5.31. The van der Waals surface area contributed by atoms with Gasteiger partial charge in [0.15, 0.2) is 0 Å². The minimum Gasteiger partial charge on any atom is -0.478 e. The first-order valence-electron chi connectivity index (χ1n) is 11.1. The number of benzene rings is 3. The van der Waals surface area contributed by atoms with Gasteiger partial charge in [0.1, 0.15) is 6.61 Å². The number of rotatable bonds is 7. The molecule has 0 saturated carbocycles. The van der Waals surface area contributed by atoms with Crippen LogP contribution in [0.3, 0.4) is 0 Å². The van der Waals surface area contributed by atoms with Crippen molar-refractivity contribution in [3.05, 3.63) is 89.5 Å². The molecule has 0 aromatic heterocycles. The van der Waals surface area contributed by atoms with Gasteiger partial charge in [-0.15, -0.1) is 0 Å². The van der Waals surface area contributed by atoms with E-state index in [2.05, 4.69) is 29.6 Å². The summed E-state index contributed by atoms with van der Waals surface area (Å²) in [6, 6.07) is 22.3. The van der Waals surface area contributed by atoms with E-state index < -0.39 is 18.0 Å². The average Bonchev–Trinajstić information content (AvgIpc) is 3.18. The Hall–Kier alpha value is -4.13. The molecule has 0 aliphatic heterocycles. The van der Waals surface area contributed by atoms with Crippen LogP contribution < -0.4 is 10.2 Å². The molecule has 34 heavy (non-hydrogen) atoms. The maximum absolute atomic E-state index is 12.7. The Morgan fingerprint density at radius 1 is 0.941 bits per heavy atom. The van der Waals surface area contributed by atoms with Crippen molar-refractivity contribution >= 4 is 23.7 Å². The van der Waals surface area contributed by atoms with E-state index in [1.54, 1.807) is 26.1 Å². The van der Waals surface area contributed by atoms with E-state index in [0.717, 1.165) is 22.3 Å². The summed E-state index contributed by atoms with van der Waals surface area (Å²) in [4.78, 5) is 37.6. The molecule has 174 valence electrons. The van der Waals surface area contributed by atoms with Crippen LogP contribution >= 0.6 is 0 Å². The first-order chi connectivity index (χ1) is 16.4. The fourth-order valence-corrected chi connectivity index (χ4v) is 4.26. The number of aromatic carboxylic acids is 1. The van der Waals surface area contributed by atoms with Gasteiger partial charge in [0.25, 0.3) is 0 Å². The van der Waals surface area contributed by atoms with Crippen molar-refractivity contribution < 1.29 is 24.2 Å². The van der Waals surface area contributed by atoms with Crippen LogP contribution in [-0.2, 0) is 9.53 Å². The third-order valence-electron chi connectivity index (χ3n) is 6.15. The quantitative estimate of drug-likeness (QED) is 0.543. The van der Waals surface area contributed by atoms with E-state index in [1.165, 1.54) is 17.0 Å². The van der Waals surface area contributed by atoms with Crippen molar-refractivity contribution in [2.75, 3.05) is 25.1 Å². The maximum Gasteiger partial charge on any atom is 0.407 e. The number of alkyl carbamates (subject to hydrolysis) is 1. The van der Waals surface area contributed by atoms with Crippen LogP contribution in [-0.4, -0.2) is 43.3 Å². The molecule has 1 unspecified atom stereocenters. The van der Waals surface area contributed by atoms with Crippen LogP contribution in [0.1, 0.15) is 34.3 Å². The summed E-state index contributed by atoms with van der Waals surface area (Å²) in [5.74, 6) is -1.76. The Labute approximate surface area is 198 Å². The Balaban J connectivity index is 1.31. The first-order valence-corrected chi connectivity index (χ1v) is 11.1. The molecule has 7 heteroatoms. The van der Waals surface area contributed by atoms with Gasteiger partial charge in [-0.25, -0.2) is 9.59 Å². The minimum atomic E-state index is -1.03. The fraction of sp³-hybridized carbons (Fsp3) is 0.222. The monoisotopic (exact) mass is 458 g/mol. The predicted molar refractivity (Wildman–Crippen MR) is 129 cm³/mol. The molecule has 0 radical (unpaired) electrons. The highest BCUT2D eigenvalue weighted by atomic mass is 16.5. The summed E-state index contributed by atoms with van der Waals surface area (Å²) in [6.07, 6.45) is -0.574. The molecule has 0 saturated heterocycles. The third-order valence-corrected chi connectivity index (χ3v) is 6.15. The highest BCUT2D eigenvalue weighted by Crippen LogP contribution is 2.44. The van der Waals surface area contributed by atoms with Crippen molar-refractivity contribution in [3.8, 4) is 11.1 Å². The molecule has 0 heterocycles. The summed E-state index contributed by atoms with van der Waals surface area (Å²) < 4.78 is 5.52. The van der Waals surface area contributed by atoms with Gasteiger partial charge in [0, 0.05) is 25.2 Å². The second kappa shape index (κ2) is 9.79. The van der Waals surface area contributed by atoms with Crippen molar-refractivity contribution in [1.29, 1.82) is 0 Å². The number of hydrogen-bond donors (Lipinski definition) is 2. The van der Waals surface area contributed by atoms with E-state index >= 15 is 0 Å². The lowest BCUT2D eigenvalue weighted by atomic mass is 9.98. The van der Waals surface area contributed by atoms with Crippen molar-refractivity contribution in [3.63, 3.8) is 0 Å². The van der Waals surface area contributed by atoms with Crippen molar-refractivity contribution in [1.82, 2.24) is 5.32 Å². The predicted octanol–water partition coefficient (Wildman–Crippen LogP) is 4.52. The molecular weight excluding hydrogens is 432 g/mol. The Morgan fingerprint density at radius 2 is 1.50 bits per heavy atom. The van der Waals surface area contributed by atoms with Crippen LogP contribution in [0.2, 0.25) is 0 Å². The van der Waals surface area contributed by atoms with E-state index in [0.29, 0.717) is 5.69 Å². The highest BCUT2D eigenvalue weighted by molar-refractivity contribution is 5.95. The summed E-state index contributed by atoms with van der Waals surface area (Å²) in [5, 5.41) is 11.7. The van der Waals surface area contributed by atoms with E-state index in [1.807, 2.05) is 24.3 Å². The molecule has 3 aromatic carbocycles. The molecule has 0 fully saturated rings. The Kier molecular flexibility index (Phi) is 6.63. The van der Waals surface area contributed by atoms with Gasteiger partial charge in [0.05, 0.1) is 11.5 Å². The van der Waals surface area contributed by atoms with Gasteiger partial charge in [0.2, 0.25) is 5.91 Å². The normalized spacial score (nSPS) is 12.9. The lowest BCUT2D eigenvalue weighted by Crippen LogP contribution is -2.39. The van der Waals surface area contributed by atoms with Crippen LogP contribution in [0.15, 0.2) is 72.8 Å². The number of fused-ring (bicyclic) bond motifs is 3. The summed E-state index contributed by atoms with van der Waals surface area (Å²) in [6.45, 7) is 2.04. The Bertz CT molecular complexity index is 1180. The SMILES string of the molecule is CC(CNC(=O)OCC1c2ccccc2-c2ccccc21)C(=O)N(C)c1ccc(C(=O)O)cc1. The van der Waals surface area contributed by atoms with Gasteiger partial charge in [-0.05, 0) is 46.5 Å². The maximum atomic E-state index is 12.7. The first kappa shape index (κ1) is 23.0. The van der Waals surface area contributed by atoms with Gasteiger partial charge in [-0.2, -0.15) is 0 Å². The minimum absolute atomic E-state index is 0.0305. The zero-order valence-corrected chi connectivity index (χ0v) is 19.0. The molecule has 3 aromatic rings. The molecule has 1 atom stereocenters.